The van der Waals surface area contributed by atoms with Crippen molar-refractivity contribution >= 4 is 35.0 Å². The SMILES string of the molecule is CCCC(CC)N1c2nc(Nc3ccc(C(N)=O)cc3OC)ncc2N(C)C(=O)C1CC. The monoisotopic (exact) mass is 440 g/mol. The summed E-state index contributed by atoms with van der Waals surface area (Å²) in [6, 6.07) is 4.83. The first-order chi connectivity index (χ1) is 15.4. The minimum Gasteiger partial charge on any atom is -0.495 e. The van der Waals surface area contributed by atoms with Crippen LogP contribution in [0.15, 0.2) is 24.4 Å². The van der Waals surface area contributed by atoms with E-state index in [9.17, 15) is 9.59 Å². The number of primary amides is 1. The molecule has 172 valence electrons. The number of fused-ring (bicyclic) bond motifs is 1. The van der Waals surface area contributed by atoms with Crippen molar-refractivity contribution in [1.29, 1.82) is 0 Å². The molecule has 2 atom stereocenters. The van der Waals surface area contributed by atoms with Crippen molar-refractivity contribution in [3.8, 4) is 5.75 Å². The normalized spacial score (nSPS) is 16.5. The number of nitrogens with two attached hydrogens (primary N) is 1. The Labute approximate surface area is 189 Å². The summed E-state index contributed by atoms with van der Waals surface area (Å²) in [4.78, 5) is 37.6. The molecule has 2 unspecified atom stereocenters. The van der Waals surface area contributed by atoms with Crippen LogP contribution in [0.4, 0.5) is 23.1 Å². The first-order valence-corrected chi connectivity index (χ1v) is 11.0. The van der Waals surface area contributed by atoms with Gasteiger partial charge in [-0.15, -0.1) is 0 Å². The number of benzene rings is 1. The summed E-state index contributed by atoms with van der Waals surface area (Å²) < 4.78 is 5.41. The fourth-order valence-electron chi connectivity index (χ4n) is 4.20. The van der Waals surface area contributed by atoms with Gasteiger partial charge in [-0.05, 0) is 37.5 Å². The number of hydrogen-bond donors (Lipinski definition) is 2. The number of ether oxygens (including phenoxy) is 1. The average Bonchev–Trinajstić information content (AvgIpc) is 2.80. The molecule has 0 radical (unpaired) electrons. The topological polar surface area (TPSA) is 114 Å². The summed E-state index contributed by atoms with van der Waals surface area (Å²) in [5.41, 5.74) is 7.02. The Bertz CT molecular complexity index is 996. The Kier molecular flexibility index (Phi) is 7.17. The maximum Gasteiger partial charge on any atom is 0.249 e. The molecule has 0 spiro atoms. The lowest BCUT2D eigenvalue weighted by molar-refractivity contribution is -0.120. The van der Waals surface area contributed by atoms with Gasteiger partial charge in [-0.2, -0.15) is 4.98 Å². The predicted octanol–water partition coefficient (Wildman–Crippen LogP) is 3.47. The van der Waals surface area contributed by atoms with Gasteiger partial charge in [-0.3, -0.25) is 9.59 Å². The molecule has 0 bridgehead atoms. The van der Waals surface area contributed by atoms with Crippen LogP contribution in [0.1, 0.15) is 56.8 Å². The number of amides is 2. The van der Waals surface area contributed by atoms with Gasteiger partial charge in [0.2, 0.25) is 17.8 Å². The molecular formula is C23H32N6O3. The van der Waals surface area contributed by atoms with E-state index in [0.29, 0.717) is 35.1 Å². The van der Waals surface area contributed by atoms with Gasteiger partial charge in [-0.25, -0.2) is 4.98 Å². The average molecular weight is 441 g/mol. The molecule has 0 saturated carbocycles. The van der Waals surface area contributed by atoms with Crippen LogP contribution >= 0.6 is 0 Å². The highest BCUT2D eigenvalue weighted by atomic mass is 16.5. The summed E-state index contributed by atoms with van der Waals surface area (Å²) >= 11 is 0. The number of aromatic nitrogens is 2. The van der Waals surface area contributed by atoms with E-state index in [4.69, 9.17) is 15.5 Å². The lowest BCUT2D eigenvalue weighted by Crippen LogP contribution is -2.56. The zero-order valence-corrected chi connectivity index (χ0v) is 19.4. The highest BCUT2D eigenvalue weighted by Gasteiger charge is 2.39. The molecule has 1 aliphatic heterocycles. The summed E-state index contributed by atoms with van der Waals surface area (Å²) in [7, 11) is 3.29. The standard InChI is InChI=1S/C23H32N6O3/c1-6-9-15(7-2)29-17(8-3)22(31)28(4)18-13-25-23(27-21(18)29)26-16-11-10-14(20(24)30)12-19(16)32-5/h10-13,15,17H,6-9H2,1-5H3,(H2,24,30)(H,25,26,27). The van der Waals surface area contributed by atoms with Gasteiger partial charge in [-0.1, -0.05) is 27.2 Å². The lowest BCUT2D eigenvalue weighted by atomic mass is 10.00. The van der Waals surface area contributed by atoms with Crippen molar-refractivity contribution in [1.82, 2.24) is 9.97 Å². The van der Waals surface area contributed by atoms with E-state index in [0.717, 1.165) is 25.1 Å². The number of likely N-dealkylation sites (N-methyl/N-ethyl adjacent to an activating group) is 1. The van der Waals surface area contributed by atoms with Crippen LogP contribution in [0.2, 0.25) is 0 Å². The number of nitrogens with zero attached hydrogens (tertiary/aromatic N) is 4. The molecule has 0 saturated heterocycles. The molecule has 2 heterocycles. The van der Waals surface area contributed by atoms with Gasteiger partial charge < -0.3 is 25.6 Å². The molecule has 1 aliphatic rings. The van der Waals surface area contributed by atoms with Crippen LogP contribution in [-0.2, 0) is 4.79 Å². The highest BCUT2D eigenvalue weighted by Crippen LogP contribution is 2.38. The second-order valence-corrected chi connectivity index (χ2v) is 7.89. The summed E-state index contributed by atoms with van der Waals surface area (Å²) in [6.45, 7) is 6.32. The van der Waals surface area contributed by atoms with Crippen molar-refractivity contribution < 1.29 is 14.3 Å². The van der Waals surface area contributed by atoms with Gasteiger partial charge in [0.15, 0.2) is 5.82 Å². The minimum absolute atomic E-state index is 0.0579. The second-order valence-electron chi connectivity index (χ2n) is 7.89. The van der Waals surface area contributed by atoms with Crippen LogP contribution in [0.25, 0.3) is 0 Å². The molecule has 32 heavy (non-hydrogen) atoms. The second kappa shape index (κ2) is 9.84. The molecule has 2 amide bonds. The molecule has 3 N–H and O–H groups in total. The molecule has 0 fully saturated rings. The van der Waals surface area contributed by atoms with Gasteiger partial charge >= 0.3 is 0 Å². The molecular weight excluding hydrogens is 408 g/mol. The Hall–Kier alpha value is -3.36. The maximum absolute atomic E-state index is 13.1. The lowest BCUT2D eigenvalue weighted by Gasteiger charge is -2.44. The Morgan fingerprint density at radius 2 is 2.06 bits per heavy atom. The van der Waals surface area contributed by atoms with Crippen molar-refractivity contribution in [3.63, 3.8) is 0 Å². The zero-order chi connectivity index (χ0) is 23.4. The zero-order valence-electron chi connectivity index (χ0n) is 19.4. The number of anilines is 4. The number of nitrogens with one attached hydrogen (secondary N) is 1. The Morgan fingerprint density at radius 3 is 2.66 bits per heavy atom. The van der Waals surface area contributed by atoms with Crippen molar-refractivity contribution in [2.75, 3.05) is 29.3 Å². The largest absolute Gasteiger partial charge is 0.495 e. The maximum atomic E-state index is 13.1. The van der Waals surface area contributed by atoms with Crippen molar-refractivity contribution in [2.45, 2.75) is 58.5 Å². The highest BCUT2D eigenvalue weighted by molar-refractivity contribution is 6.04. The van der Waals surface area contributed by atoms with Crippen molar-refractivity contribution in [2.24, 2.45) is 5.73 Å². The molecule has 1 aromatic carbocycles. The van der Waals surface area contributed by atoms with Gasteiger partial charge in [0.05, 0.1) is 19.0 Å². The molecule has 3 rings (SSSR count). The van der Waals surface area contributed by atoms with Crippen LogP contribution in [-0.4, -0.2) is 48.0 Å². The van der Waals surface area contributed by atoms with E-state index >= 15 is 0 Å². The number of carbonyl (C=O) groups is 2. The van der Waals surface area contributed by atoms with Crippen molar-refractivity contribution in [3.05, 3.63) is 30.0 Å². The Balaban J connectivity index is 2.04. The smallest absolute Gasteiger partial charge is 0.249 e. The summed E-state index contributed by atoms with van der Waals surface area (Å²) in [5.74, 6) is 1.10. The summed E-state index contributed by atoms with van der Waals surface area (Å²) in [5, 5.41) is 3.18. The predicted molar refractivity (Wildman–Crippen MR) is 126 cm³/mol. The van der Waals surface area contributed by atoms with Gasteiger partial charge in [0.1, 0.15) is 17.5 Å². The van der Waals surface area contributed by atoms with E-state index in [2.05, 4.69) is 29.0 Å². The number of methoxy groups -OCH3 is 1. The third-order valence-corrected chi connectivity index (χ3v) is 5.91. The minimum atomic E-state index is -0.532. The van der Waals surface area contributed by atoms with E-state index in [-0.39, 0.29) is 18.0 Å². The van der Waals surface area contributed by atoms with Crippen LogP contribution < -0.4 is 25.6 Å². The number of rotatable bonds is 9. The van der Waals surface area contributed by atoms with Crippen LogP contribution in [0.3, 0.4) is 0 Å². The van der Waals surface area contributed by atoms with Gasteiger partial charge in [0.25, 0.3) is 0 Å². The molecule has 0 aliphatic carbocycles. The van der Waals surface area contributed by atoms with E-state index in [1.165, 1.54) is 7.11 Å². The number of carbonyl (C=O) groups excluding carboxylic acids is 2. The van der Waals surface area contributed by atoms with E-state index in [1.54, 1.807) is 36.3 Å². The molecule has 1 aromatic heterocycles. The molecule has 9 nitrogen and oxygen atoms in total. The third kappa shape index (κ3) is 4.32. The first kappa shape index (κ1) is 23.3. The van der Waals surface area contributed by atoms with E-state index in [1.807, 2.05) is 6.92 Å². The number of hydrogen-bond acceptors (Lipinski definition) is 7. The van der Waals surface area contributed by atoms with E-state index < -0.39 is 5.91 Å². The fourth-order valence-corrected chi connectivity index (χ4v) is 4.20. The van der Waals surface area contributed by atoms with Gasteiger partial charge in [0, 0.05) is 18.7 Å². The quantitative estimate of drug-likeness (QED) is 0.614. The molecule has 9 heteroatoms. The van der Waals surface area contributed by atoms with Crippen LogP contribution in [0, 0.1) is 0 Å². The fraction of sp³-hybridized carbons (Fsp3) is 0.478. The van der Waals surface area contributed by atoms with Crippen LogP contribution in [0.5, 0.6) is 5.75 Å². The first-order valence-electron chi connectivity index (χ1n) is 11.0. The third-order valence-electron chi connectivity index (χ3n) is 5.91. The Morgan fingerprint density at radius 1 is 1.31 bits per heavy atom. The molecule has 2 aromatic rings. The summed E-state index contributed by atoms with van der Waals surface area (Å²) in [6.07, 6.45) is 5.27.